The summed E-state index contributed by atoms with van der Waals surface area (Å²) in [5, 5.41) is 0.278. The fourth-order valence-corrected chi connectivity index (χ4v) is 4.08. The molecule has 3 nitrogen and oxygen atoms in total. The molecular formula is C17H25NO2S. The molecule has 0 bridgehead atoms. The summed E-state index contributed by atoms with van der Waals surface area (Å²) in [4.78, 5) is 11.5. The van der Waals surface area contributed by atoms with Crippen molar-refractivity contribution in [1.82, 2.24) is 0 Å². The second kappa shape index (κ2) is 6.84. The van der Waals surface area contributed by atoms with Gasteiger partial charge < -0.3 is 10.5 Å². The van der Waals surface area contributed by atoms with Crippen LogP contribution in [-0.4, -0.2) is 24.9 Å². The van der Waals surface area contributed by atoms with Crippen LogP contribution in [0, 0.1) is 12.3 Å². The minimum Gasteiger partial charge on any atom is -0.469 e. The second-order valence-electron chi connectivity index (χ2n) is 6.25. The summed E-state index contributed by atoms with van der Waals surface area (Å²) in [6, 6.07) is 8.68. The highest BCUT2D eigenvalue weighted by atomic mass is 32.2. The lowest BCUT2D eigenvalue weighted by atomic mass is 10.1. The van der Waals surface area contributed by atoms with Crippen LogP contribution in [0.15, 0.2) is 24.3 Å². The summed E-state index contributed by atoms with van der Waals surface area (Å²) in [6.07, 6.45) is 2.78. The normalized spacial score (nSPS) is 18.9. The Morgan fingerprint density at radius 3 is 2.48 bits per heavy atom. The first-order chi connectivity index (χ1) is 9.96. The predicted octanol–water partition coefficient (Wildman–Crippen LogP) is 3.46. The first kappa shape index (κ1) is 16.4. The van der Waals surface area contributed by atoms with Crippen molar-refractivity contribution >= 4 is 17.7 Å². The molecule has 1 saturated carbocycles. The van der Waals surface area contributed by atoms with Gasteiger partial charge in [0.1, 0.15) is 0 Å². The van der Waals surface area contributed by atoms with E-state index in [4.69, 9.17) is 10.5 Å². The summed E-state index contributed by atoms with van der Waals surface area (Å²) >= 11 is 1.88. The van der Waals surface area contributed by atoms with Gasteiger partial charge in [-0.25, -0.2) is 0 Å². The molecule has 0 spiro atoms. The van der Waals surface area contributed by atoms with Gasteiger partial charge in [0.05, 0.1) is 13.5 Å². The van der Waals surface area contributed by atoms with Gasteiger partial charge in [-0.05, 0) is 37.7 Å². The molecule has 116 valence electrons. The standard InChI is InChI=1S/C17H25NO2S/c1-12-4-6-14(7-5-12)16(13(2)18)21-11-17(8-9-17)10-15(19)20-3/h4-7,13,16H,8-11,18H2,1-3H3. The molecule has 1 aromatic rings. The lowest BCUT2D eigenvalue weighted by Crippen LogP contribution is -2.24. The van der Waals surface area contributed by atoms with Gasteiger partial charge in [0.2, 0.25) is 0 Å². The Labute approximate surface area is 131 Å². The molecular weight excluding hydrogens is 282 g/mol. The molecule has 1 aliphatic carbocycles. The minimum absolute atomic E-state index is 0.0895. The van der Waals surface area contributed by atoms with Crippen molar-refractivity contribution in [3.05, 3.63) is 35.4 Å². The summed E-state index contributed by atoms with van der Waals surface area (Å²) in [5.74, 6) is 0.878. The van der Waals surface area contributed by atoms with E-state index in [1.54, 1.807) is 0 Å². The van der Waals surface area contributed by atoms with E-state index >= 15 is 0 Å². The third kappa shape index (κ3) is 4.48. The van der Waals surface area contributed by atoms with Crippen LogP contribution in [0.2, 0.25) is 0 Å². The van der Waals surface area contributed by atoms with E-state index in [1.807, 2.05) is 11.8 Å². The van der Waals surface area contributed by atoms with Gasteiger partial charge in [-0.1, -0.05) is 29.8 Å². The molecule has 0 heterocycles. The molecule has 0 amide bonds. The van der Waals surface area contributed by atoms with Crippen LogP contribution in [0.4, 0.5) is 0 Å². The Bertz CT molecular complexity index is 480. The van der Waals surface area contributed by atoms with Crippen molar-refractivity contribution in [2.45, 2.75) is 44.4 Å². The summed E-state index contributed by atoms with van der Waals surface area (Å²) in [6.45, 7) is 4.14. The van der Waals surface area contributed by atoms with Crippen molar-refractivity contribution < 1.29 is 9.53 Å². The molecule has 0 saturated heterocycles. The number of ether oxygens (including phenoxy) is 1. The number of rotatable bonds is 7. The molecule has 4 heteroatoms. The predicted molar refractivity (Wildman–Crippen MR) is 88.3 cm³/mol. The molecule has 2 rings (SSSR count). The van der Waals surface area contributed by atoms with E-state index in [1.165, 1.54) is 18.2 Å². The van der Waals surface area contributed by atoms with Crippen LogP contribution >= 0.6 is 11.8 Å². The number of hydrogen-bond acceptors (Lipinski definition) is 4. The molecule has 1 aromatic carbocycles. The average Bonchev–Trinajstić information content (AvgIpc) is 3.20. The van der Waals surface area contributed by atoms with Gasteiger partial charge >= 0.3 is 5.97 Å². The van der Waals surface area contributed by atoms with Crippen LogP contribution in [-0.2, 0) is 9.53 Å². The van der Waals surface area contributed by atoms with Crippen molar-refractivity contribution in [3.8, 4) is 0 Å². The fraction of sp³-hybridized carbons (Fsp3) is 0.588. The molecule has 2 N–H and O–H groups in total. The number of esters is 1. The van der Waals surface area contributed by atoms with Gasteiger partial charge in [0.15, 0.2) is 0 Å². The Kier molecular flexibility index (Phi) is 5.33. The number of aryl methyl sites for hydroxylation is 1. The van der Waals surface area contributed by atoms with Crippen LogP contribution in [0.25, 0.3) is 0 Å². The Morgan fingerprint density at radius 2 is 2.00 bits per heavy atom. The topological polar surface area (TPSA) is 52.3 Å². The SMILES string of the molecule is COC(=O)CC1(CSC(c2ccc(C)cc2)C(C)N)CC1. The van der Waals surface area contributed by atoms with Crippen molar-refractivity contribution in [3.63, 3.8) is 0 Å². The highest BCUT2D eigenvalue weighted by Gasteiger charge is 2.45. The molecule has 0 aliphatic heterocycles. The van der Waals surface area contributed by atoms with Crippen molar-refractivity contribution in [1.29, 1.82) is 0 Å². The van der Waals surface area contributed by atoms with Gasteiger partial charge in [-0.3, -0.25) is 4.79 Å². The maximum atomic E-state index is 11.5. The van der Waals surface area contributed by atoms with Crippen molar-refractivity contribution in [2.24, 2.45) is 11.1 Å². The van der Waals surface area contributed by atoms with Crippen LogP contribution in [0.5, 0.6) is 0 Å². The summed E-state index contributed by atoms with van der Waals surface area (Å²) in [5.41, 5.74) is 8.85. The summed E-state index contributed by atoms with van der Waals surface area (Å²) in [7, 11) is 1.46. The lowest BCUT2D eigenvalue weighted by Gasteiger charge is -2.23. The lowest BCUT2D eigenvalue weighted by molar-refractivity contribution is -0.141. The van der Waals surface area contributed by atoms with Crippen LogP contribution in [0.3, 0.4) is 0 Å². The Balaban J connectivity index is 1.98. The first-order valence-electron chi connectivity index (χ1n) is 7.46. The minimum atomic E-state index is -0.0965. The number of thioether (sulfide) groups is 1. The number of benzene rings is 1. The zero-order valence-electron chi connectivity index (χ0n) is 13.1. The van der Waals surface area contributed by atoms with Crippen LogP contribution in [0.1, 0.15) is 42.6 Å². The van der Waals surface area contributed by atoms with E-state index in [9.17, 15) is 4.79 Å². The number of nitrogens with two attached hydrogens (primary N) is 1. The monoisotopic (exact) mass is 307 g/mol. The quantitative estimate of drug-likeness (QED) is 0.784. The maximum absolute atomic E-state index is 11.5. The van der Waals surface area contributed by atoms with Gasteiger partial charge in [0, 0.05) is 17.0 Å². The molecule has 2 atom stereocenters. The number of carbonyl (C=O) groups is 1. The van der Waals surface area contributed by atoms with E-state index in [-0.39, 0.29) is 22.7 Å². The molecule has 0 aromatic heterocycles. The summed E-state index contributed by atoms with van der Waals surface area (Å²) < 4.78 is 4.81. The Hall–Kier alpha value is -1.00. The van der Waals surface area contributed by atoms with E-state index < -0.39 is 0 Å². The molecule has 1 fully saturated rings. The zero-order valence-corrected chi connectivity index (χ0v) is 13.9. The second-order valence-corrected chi connectivity index (χ2v) is 7.38. The van der Waals surface area contributed by atoms with Gasteiger partial charge in [-0.2, -0.15) is 11.8 Å². The number of hydrogen-bond donors (Lipinski definition) is 1. The van der Waals surface area contributed by atoms with Crippen LogP contribution < -0.4 is 5.73 Å². The van der Waals surface area contributed by atoms with Gasteiger partial charge in [0.25, 0.3) is 0 Å². The highest BCUT2D eigenvalue weighted by molar-refractivity contribution is 7.99. The molecule has 21 heavy (non-hydrogen) atoms. The largest absolute Gasteiger partial charge is 0.469 e. The first-order valence-corrected chi connectivity index (χ1v) is 8.51. The number of carbonyl (C=O) groups excluding carboxylic acids is 1. The van der Waals surface area contributed by atoms with E-state index in [0.29, 0.717) is 6.42 Å². The third-order valence-electron chi connectivity index (χ3n) is 4.16. The zero-order chi connectivity index (χ0) is 15.5. The molecule has 0 radical (unpaired) electrons. The highest BCUT2D eigenvalue weighted by Crippen LogP contribution is 2.53. The fourth-order valence-electron chi connectivity index (χ4n) is 2.50. The smallest absolute Gasteiger partial charge is 0.306 e. The maximum Gasteiger partial charge on any atom is 0.306 e. The van der Waals surface area contributed by atoms with E-state index in [0.717, 1.165) is 18.6 Å². The molecule has 1 aliphatic rings. The van der Waals surface area contributed by atoms with Gasteiger partial charge in [-0.15, -0.1) is 0 Å². The molecule has 2 unspecified atom stereocenters. The Morgan fingerprint density at radius 1 is 1.38 bits per heavy atom. The third-order valence-corrected chi connectivity index (χ3v) is 6.00. The number of methoxy groups -OCH3 is 1. The van der Waals surface area contributed by atoms with E-state index in [2.05, 4.69) is 38.1 Å². The van der Waals surface area contributed by atoms with Crippen molar-refractivity contribution in [2.75, 3.05) is 12.9 Å². The average molecular weight is 307 g/mol.